The second-order valence-corrected chi connectivity index (χ2v) is 6.11. The fraction of sp³-hybridized carbons (Fsp3) is 0.0588. The third-order valence-electron chi connectivity index (χ3n) is 4.01. The molecule has 0 unspecified atom stereocenters. The number of fused-ring (bicyclic) bond motifs is 6. The average Bonchev–Trinajstić information content (AvgIpc) is 2.98. The zero-order chi connectivity index (χ0) is 11.7. The van der Waals surface area contributed by atoms with Crippen LogP contribution >= 0.6 is 11.8 Å². The number of hydrogen-bond donors (Lipinski definition) is 0. The molecule has 0 saturated carbocycles. The van der Waals surface area contributed by atoms with Gasteiger partial charge in [-0.1, -0.05) is 48.2 Å². The van der Waals surface area contributed by atoms with Gasteiger partial charge in [-0.2, -0.15) is 0 Å². The normalized spacial score (nSPS) is 15.1. The van der Waals surface area contributed by atoms with Crippen molar-refractivity contribution in [2.24, 2.45) is 0 Å². The zero-order valence-corrected chi connectivity index (χ0v) is 10.6. The molecule has 1 heterocycles. The lowest BCUT2D eigenvalue weighted by atomic mass is 9.96. The van der Waals surface area contributed by atoms with Gasteiger partial charge in [-0.15, -0.1) is 0 Å². The molecular weight excluding hydrogens is 236 g/mol. The van der Waals surface area contributed by atoms with E-state index in [1.807, 2.05) is 11.8 Å². The minimum absolute atomic E-state index is 1.09. The molecule has 0 bridgehead atoms. The van der Waals surface area contributed by atoms with Gasteiger partial charge in [0.1, 0.15) is 0 Å². The lowest BCUT2D eigenvalue weighted by Gasteiger charge is -2.07. The van der Waals surface area contributed by atoms with Crippen molar-refractivity contribution < 1.29 is 0 Å². The van der Waals surface area contributed by atoms with E-state index in [1.54, 1.807) is 0 Å². The summed E-state index contributed by atoms with van der Waals surface area (Å²) in [6, 6.07) is 13.8. The summed E-state index contributed by atoms with van der Waals surface area (Å²) < 4.78 is 0. The summed E-state index contributed by atoms with van der Waals surface area (Å²) in [5.41, 5.74) is 2.88. The average molecular weight is 246 g/mol. The predicted molar refractivity (Wildman–Crippen MR) is 78.3 cm³/mol. The lowest BCUT2D eigenvalue weighted by Crippen LogP contribution is -1.85. The van der Waals surface area contributed by atoms with Crippen LogP contribution in [0.15, 0.2) is 52.3 Å². The van der Waals surface area contributed by atoms with E-state index < -0.39 is 0 Å². The molecule has 1 aliphatic carbocycles. The highest BCUT2D eigenvalue weighted by Gasteiger charge is 2.20. The molecule has 84 valence electrons. The van der Waals surface area contributed by atoms with Crippen molar-refractivity contribution >= 4 is 39.4 Å². The molecule has 0 spiro atoms. The summed E-state index contributed by atoms with van der Waals surface area (Å²) in [5, 5.41) is 5.57. The smallest absolute Gasteiger partial charge is 0.0269 e. The molecule has 3 aromatic carbocycles. The highest BCUT2D eigenvalue weighted by Crippen LogP contribution is 2.51. The van der Waals surface area contributed by atoms with Gasteiger partial charge >= 0.3 is 0 Å². The maximum atomic E-state index is 2.35. The van der Waals surface area contributed by atoms with Crippen molar-refractivity contribution in [2.45, 2.75) is 16.2 Å². The van der Waals surface area contributed by atoms with Gasteiger partial charge < -0.3 is 0 Å². The Kier molecular flexibility index (Phi) is 1.53. The Morgan fingerprint density at radius 1 is 0.833 bits per heavy atom. The van der Waals surface area contributed by atoms with E-state index in [4.69, 9.17) is 0 Å². The highest BCUT2D eigenvalue weighted by atomic mass is 32.2. The van der Waals surface area contributed by atoms with E-state index in [1.165, 1.54) is 42.5 Å². The van der Waals surface area contributed by atoms with Crippen LogP contribution in [0.3, 0.4) is 0 Å². The van der Waals surface area contributed by atoms with Gasteiger partial charge in [-0.25, -0.2) is 0 Å². The number of rotatable bonds is 0. The van der Waals surface area contributed by atoms with Crippen LogP contribution in [0.5, 0.6) is 0 Å². The Balaban J connectivity index is 2.02. The van der Waals surface area contributed by atoms with Crippen molar-refractivity contribution in [2.75, 3.05) is 0 Å². The summed E-state index contributed by atoms with van der Waals surface area (Å²) in [4.78, 5) is 2.90. The van der Waals surface area contributed by atoms with E-state index in [0.717, 1.165) is 6.42 Å². The van der Waals surface area contributed by atoms with E-state index in [2.05, 4.69) is 48.6 Å². The molecule has 0 fully saturated rings. The van der Waals surface area contributed by atoms with Gasteiger partial charge in [-0.05, 0) is 51.2 Å². The van der Waals surface area contributed by atoms with Crippen LogP contribution in [0.2, 0.25) is 0 Å². The first kappa shape index (κ1) is 9.23. The third kappa shape index (κ3) is 1.08. The van der Waals surface area contributed by atoms with Crippen molar-refractivity contribution in [1.29, 1.82) is 0 Å². The fourth-order valence-corrected chi connectivity index (χ4v) is 3.71. The first-order valence-corrected chi connectivity index (χ1v) is 7.08. The fourth-order valence-electron chi connectivity index (χ4n) is 3.05. The van der Waals surface area contributed by atoms with Gasteiger partial charge in [0.2, 0.25) is 0 Å². The summed E-state index contributed by atoms with van der Waals surface area (Å²) in [5.74, 6) is 0. The second kappa shape index (κ2) is 2.99. The van der Waals surface area contributed by atoms with Crippen LogP contribution in [0.1, 0.15) is 11.1 Å². The Hall–Kier alpha value is -1.73. The lowest BCUT2D eigenvalue weighted by molar-refractivity contribution is 1.32. The molecule has 5 rings (SSSR count). The molecule has 0 nitrogen and oxygen atoms in total. The largest absolute Gasteiger partial charge is 0.0877 e. The molecule has 0 saturated heterocycles. The van der Waals surface area contributed by atoms with E-state index >= 15 is 0 Å². The summed E-state index contributed by atoms with van der Waals surface area (Å²) in [6.45, 7) is 0. The number of benzene rings is 3. The van der Waals surface area contributed by atoms with Gasteiger partial charge in [0.15, 0.2) is 0 Å². The SMILES string of the molecule is C1=Cc2c(ccc3c2ccc2cc4c(cc23)S4)C1. The van der Waals surface area contributed by atoms with Gasteiger partial charge in [0, 0.05) is 9.79 Å². The van der Waals surface area contributed by atoms with Gasteiger partial charge in [0.25, 0.3) is 0 Å². The molecule has 1 aliphatic heterocycles. The predicted octanol–water partition coefficient (Wildman–Crippen LogP) is 5.03. The van der Waals surface area contributed by atoms with Crippen LogP contribution in [-0.2, 0) is 6.42 Å². The standard InChI is InChI=1S/C17H10S/c1-2-10-4-6-14-13(12(10)3-1)7-5-11-8-16-17(18-16)9-15(11)14/h1,3-9H,2H2. The molecule has 0 radical (unpaired) electrons. The van der Waals surface area contributed by atoms with Crippen molar-refractivity contribution in [3.63, 3.8) is 0 Å². The molecule has 2 aliphatic rings. The monoisotopic (exact) mass is 246 g/mol. The van der Waals surface area contributed by atoms with Crippen LogP contribution < -0.4 is 0 Å². The zero-order valence-electron chi connectivity index (χ0n) is 9.73. The first-order chi connectivity index (χ1) is 8.90. The highest BCUT2D eigenvalue weighted by molar-refractivity contribution is 8.05. The van der Waals surface area contributed by atoms with Gasteiger partial charge in [0.05, 0.1) is 0 Å². The van der Waals surface area contributed by atoms with E-state index in [9.17, 15) is 0 Å². The van der Waals surface area contributed by atoms with Crippen LogP contribution in [0, 0.1) is 0 Å². The molecule has 0 amide bonds. The van der Waals surface area contributed by atoms with Gasteiger partial charge in [-0.3, -0.25) is 0 Å². The Morgan fingerprint density at radius 3 is 2.72 bits per heavy atom. The molecule has 3 aromatic rings. The third-order valence-corrected chi connectivity index (χ3v) is 4.92. The molecule has 1 heteroatoms. The van der Waals surface area contributed by atoms with Crippen LogP contribution in [0.4, 0.5) is 0 Å². The Labute approximate surface area is 109 Å². The minimum Gasteiger partial charge on any atom is -0.0877 e. The molecule has 0 N–H and O–H groups in total. The summed E-state index contributed by atoms with van der Waals surface area (Å²) in [6.07, 6.45) is 5.62. The maximum Gasteiger partial charge on any atom is 0.0269 e. The molecular formula is C17H10S. The molecule has 0 aromatic heterocycles. The molecule has 0 atom stereocenters. The van der Waals surface area contributed by atoms with Crippen molar-refractivity contribution in [3.05, 3.63) is 53.6 Å². The second-order valence-electron chi connectivity index (χ2n) is 5.03. The summed E-state index contributed by atoms with van der Waals surface area (Å²) >= 11 is 1.90. The topological polar surface area (TPSA) is 0 Å². The summed E-state index contributed by atoms with van der Waals surface area (Å²) in [7, 11) is 0. The van der Waals surface area contributed by atoms with Crippen molar-refractivity contribution in [3.8, 4) is 0 Å². The minimum atomic E-state index is 1.09. The van der Waals surface area contributed by atoms with E-state index in [-0.39, 0.29) is 0 Å². The quantitative estimate of drug-likeness (QED) is 0.310. The number of hydrogen-bond acceptors (Lipinski definition) is 1. The Morgan fingerprint density at radius 2 is 1.72 bits per heavy atom. The number of allylic oxidation sites excluding steroid dienone is 1. The first-order valence-electron chi connectivity index (χ1n) is 6.27. The van der Waals surface area contributed by atoms with E-state index in [0.29, 0.717) is 0 Å². The van der Waals surface area contributed by atoms with Crippen molar-refractivity contribution in [1.82, 2.24) is 0 Å². The maximum absolute atomic E-state index is 2.35. The Bertz CT molecular complexity index is 872. The van der Waals surface area contributed by atoms with Crippen LogP contribution in [-0.4, -0.2) is 0 Å². The van der Waals surface area contributed by atoms with Crippen LogP contribution in [0.25, 0.3) is 27.6 Å². The molecule has 18 heavy (non-hydrogen) atoms.